The smallest absolute Gasteiger partial charge is 0.158 e. The van der Waals surface area contributed by atoms with Gasteiger partial charge in [0.05, 0.1) is 11.1 Å². The molecule has 0 saturated heterocycles. The second kappa shape index (κ2) is 7.01. The quantitative estimate of drug-likeness (QED) is 0.416. The fourth-order valence-corrected chi connectivity index (χ4v) is 3.73. The van der Waals surface area contributed by atoms with E-state index in [0.717, 1.165) is 33.1 Å². The highest BCUT2D eigenvalue weighted by molar-refractivity contribution is 7.21. The van der Waals surface area contributed by atoms with E-state index in [4.69, 9.17) is 0 Å². The Morgan fingerprint density at radius 3 is 2.58 bits per heavy atom. The Hall–Kier alpha value is -3.12. The molecule has 128 valence electrons. The molecule has 1 N–H and O–H groups in total. The molecule has 6 heteroatoms. The molecule has 0 radical (unpaired) electrons. The lowest BCUT2D eigenvalue weighted by molar-refractivity contribution is 1.08. The van der Waals surface area contributed by atoms with Crippen molar-refractivity contribution in [3.8, 4) is 10.4 Å². The molecule has 0 bridgehead atoms. The monoisotopic (exact) mass is 359 g/mol. The molecule has 0 spiro atoms. The molecule has 0 unspecified atom stereocenters. The minimum Gasteiger partial charge on any atom is -0.265 e. The molecule has 0 fully saturated rings. The van der Waals surface area contributed by atoms with Gasteiger partial charge in [0.15, 0.2) is 5.82 Å². The molecular formula is C20H17N5S. The first-order valence-corrected chi connectivity index (χ1v) is 9.06. The van der Waals surface area contributed by atoms with Crippen LogP contribution in [-0.2, 0) is 0 Å². The maximum absolute atomic E-state index is 4.58. The summed E-state index contributed by atoms with van der Waals surface area (Å²) in [7, 11) is 0. The summed E-state index contributed by atoms with van der Waals surface area (Å²) in [5.41, 5.74) is 6.18. The Balaban J connectivity index is 1.72. The second-order valence-corrected chi connectivity index (χ2v) is 6.89. The number of anilines is 1. The number of nitrogens with one attached hydrogen (secondary N) is 1. The van der Waals surface area contributed by atoms with E-state index >= 15 is 0 Å². The fraction of sp³-hybridized carbons (Fsp3) is 0.100. The van der Waals surface area contributed by atoms with Gasteiger partial charge in [-0.2, -0.15) is 5.10 Å². The molecule has 26 heavy (non-hydrogen) atoms. The Labute approximate surface area is 155 Å². The lowest BCUT2D eigenvalue weighted by atomic mass is 10.2. The number of benzene rings is 1. The number of hydrogen-bond donors (Lipinski definition) is 1. The SMILES string of the molecule is C/C(=N\Nc1nc(C)nc2sc(-c3ccccc3)cc12)c1ccncc1. The molecule has 0 aliphatic carbocycles. The molecule has 3 aromatic heterocycles. The van der Waals surface area contributed by atoms with E-state index in [9.17, 15) is 0 Å². The molecule has 0 atom stereocenters. The van der Waals surface area contributed by atoms with E-state index in [1.807, 2.05) is 44.2 Å². The highest BCUT2D eigenvalue weighted by atomic mass is 32.1. The first kappa shape index (κ1) is 16.4. The summed E-state index contributed by atoms with van der Waals surface area (Å²) < 4.78 is 0. The number of rotatable bonds is 4. The lowest BCUT2D eigenvalue weighted by Crippen LogP contribution is -2.02. The first-order valence-electron chi connectivity index (χ1n) is 8.25. The normalized spacial score (nSPS) is 11.7. The van der Waals surface area contributed by atoms with Crippen LogP contribution in [0.2, 0.25) is 0 Å². The van der Waals surface area contributed by atoms with Crippen molar-refractivity contribution in [3.63, 3.8) is 0 Å². The molecule has 4 rings (SSSR count). The molecule has 3 heterocycles. The van der Waals surface area contributed by atoms with Crippen LogP contribution >= 0.6 is 11.3 Å². The molecule has 5 nitrogen and oxygen atoms in total. The second-order valence-electron chi connectivity index (χ2n) is 5.86. The summed E-state index contributed by atoms with van der Waals surface area (Å²) in [6.45, 7) is 3.85. The van der Waals surface area contributed by atoms with E-state index < -0.39 is 0 Å². The third-order valence-corrected chi connectivity index (χ3v) is 5.07. The maximum Gasteiger partial charge on any atom is 0.158 e. The minimum atomic E-state index is 0.721. The molecule has 0 saturated carbocycles. The van der Waals surface area contributed by atoms with Gasteiger partial charge >= 0.3 is 0 Å². The number of hydrazone groups is 1. The van der Waals surface area contributed by atoms with E-state index in [2.05, 4.69) is 43.7 Å². The van der Waals surface area contributed by atoms with Gasteiger partial charge in [-0.15, -0.1) is 11.3 Å². The third-order valence-electron chi connectivity index (χ3n) is 3.99. The fourth-order valence-electron chi connectivity index (χ4n) is 2.65. The van der Waals surface area contributed by atoms with Crippen LogP contribution < -0.4 is 5.43 Å². The molecule has 0 amide bonds. The van der Waals surface area contributed by atoms with E-state index in [-0.39, 0.29) is 0 Å². The Morgan fingerprint density at radius 2 is 1.81 bits per heavy atom. The largest absolute Gasteiger partial charge is 0.265 e. The topological polar surface area (TPSA) is 63.1 Å². The predicted molar refractivity (Wildman–Crippen MR) is 108 cm³/mol. The van der Waals surface area contributed by atoms with Crippen molar-refractivity contribution in [3.05, 3.63) is 72.3 Å². The van der Waals surface area contributed by atoms with Crippen molar-refractivity contribution < 1.29 is 0 Å². The first-order chi connectivity index (χ1) is 12.7. The van der Waals surface area contributed by atoms with Crippen LogP contribution in [0.4, 0.5) is 5.82 Å². The van der Waals surface area contributed by atoms with Crippen LogP contribution in [0.25, 0.3) is 20.7 Å². The van der Waals surface area contributed by atoms with Gasteiger partial charge in [-0.3, -0.25) is 10.4 Å². The minimum absolute atomic E-state index is 0.721. The van der Waals surface area contributed by atoms with Gasteiger partial charge < -0.3 is 0 Å². The van der Waals surface area contributed by atoms with E-state index in [1.54, 1.807) is 23.7 Å². The third kappa shape index (κ3) is 3.32. The zero-order valence-electron chi connectivity index (χ0n) is 14.5. The van der Waals surface area contributed by atoms with Crippen LogP contribution in [0.5, 0.6) is 0 Å². The summed E-state index contributed by atoms with van der Waals surface area (Å²) in [5.74, 6) is 1.44. The number of nitrogens with zero attached hydrogens (tertiary/aromatic N) is 4. The summed E-state index contributed by atoms with van der Waals surface area (Å²) in [6, 6.07) is 16.3. The summed E-state index contributed by atoms with van der Waals surface area (Å²) in [6.07, 6.45) is 3.51. The number of hydrogen-bond acceptors (Lipinski definition) is 6. The van der Waals surface area contributed by atoms with Gasteiger partial charge in [-0.25, -0.2) is 9.97 Å². The highest BCUT2D eigenvalue weighted by Crippen LogP contribution is 2.35. The van der Waals surface area contributed by atoms with Crippen LogP contribution in [0.15, 0.2) is 66.0 Å². The van der Waals surface area contributed by atoms with Gasteiger partial charge in [0.1, 0.15) is 10.7 Å². The van der Waals surface area contributed by atoms with Crippen LogP contribution in [0.3, 0.4) is 0 Å². The zero-order chi connectivity index (χ0) is 17.9. The molecule has 0 aliphatic heterocycles. The predicted octanol–water partition coefficient (Wildman–Crippen LogP) is 4.90. The van der Waals surface area contributed by atoms with Crippen LogP contribution in [-0.4, -0.2) is 20.7 Å². The number of fused-ring (bicyclic) bond motifs is 1. The number of aromatic nitrogens is 3. The van der Waals surface area contributed by atoms with Crippen molar-refractivity contribution in [2.24, 2.45) is 5.10 Å². The maximum atomic E-state index is 4.58. The molecule has 0 aliphatic rings. The number of pyridine rings is 1. The van der Waals surface area contributed by atoms with Crippen molar-refractivity contribution in [2.45, 2.75) is 13.8 Å². The van der Waals surface area contributed by atoms with Gasteiger partial charge in [-0.05, 0) is 37.6 Å². The van der Waals surface area contributed by atoms with Crippen LogP contribution in [0.1, 0.15) is 18.3 Å². The van der Waals surface area contributed by atoms with Crippen molar-refractivity contribution in [1.29, 1.82) is 0 Å². The average Bonchev–Trinajstić information content (AvgIpc) is 3.11. The Bertz CT molecular complexity index is 1070. The van der Waals surface area contributed by atoms with E-state index in [1.165, 1.54) is 10.4 Å². The molecule has 4 aromatic rings. The zero-order valence-corrected chi connectivity index (χ0v) is 15.3. The number of aryl methyl sites for hydroxylation is 1. The van der Waals surface area contributed by atoms with Crippen molar-refractivity contribution >= 4 is 33.1 Å². The lowest BCUT2D eigenvalue weighted by Gasteiger charge is -2.05. The molecular weight excluding hydrogens is 342 g/mol. The molecule has 1 aromatic carbocycles. The summed E-state index contributed by atoms with van der Waals surface area (Å²) >= 11 is 1.66. The highest BCUT2D eigenvalue weighted by Gasteiger charge is 2.11. The van der Waals surface area contributed by atoms with Crippen molar-refractivity contribution in [2.75, 3.05) is 5.43 Å². The Kier molecular flexibility index (Phi) is 4.41. The summed E-state index contributed by atoms with van der Waals surface area (Å²) in [5, 5.41) is 5.47. The summed E-state index contributed by atoms with van der Waals surface area (Å²) in [4.78, 5) is 15.3. The van der Waals surface area contributed by atoms with Gasteiger partial charge in [0.25, 0.3) is 0 Å². The van der Waals surface area contributed by atoms with Gasteiger partial charge in [0.2, 0.25) is 0 Å². The number of thiophene rings is 1. The van der Waals surface area contributed by atoms with Crippen LogP contribution in [0, 0.1) is 6.92 Å². The van der Waals surface area contributed by atoms with E-state index in [0.29, 0.717) is 0 Å². The van der Waals surface area contributed by atoms with Gasteiger partial charge in [-0.1, -0.05) is 30.3 Å². The average molecular weight is 359 g/mol. The standard InChI is InChI=1S/C20H17N5S/c1-13(15-8-10-21-11-9-15)24-25-19-17-12-18(16-6-4-3-5-7-16)26-20(17)23-14(2)22-19/h3-12H,1-2H3,(H,22,23,25)/b24-13+. The Morgan fingerprint density at radius 1 is 1.04 bits per heavy atom. The van der Waals surface area contributed by atoms with Crippen molar-refractivity contribution in [1.82, 2.24) is 15.0 Å². The van der Waals surface area contributed by atoms with Gasteiger partial charge in [0, 0.05) is 22.8 Å².